The van der Waals surface area contributed by atoms with Crippen molar-refractivity contribution in [3.05, 3.63) is 82.3 Å². The topological polar surface area (TPSA) is 37.9 Å². The molecule has 0 bridgehead atoms. The Morgan fingerprint density at radius 2 is 0.842 bits per heavy atom. The zero-order chi connectivity index (χ0) is 28.6. The van der Waals surface area contributed by atoms with E-state index in [9.17, 15) is 0 Å². The number of para-hydroxylation sites is 2. The third kappa shape index (κ3) is 8.52. The van der Waals surface area contributed by atoms with Crippen LogP contribution in [0.2, 0.25) is 0 Å². The van der Waals surface area contributed by atoms with E-state index in [1.54, 1.807) is 0 Å². The monoisotopic (exact) mass is 684 g/mol. The van der Waals surface area contributed by atoms with Crippen molar-refractivity contribution in [2.24, 2.45) is 9.98 Å². The second-order valence-corrected chi connectivity index (χ2v) is 16.4. The molecule has 38 heavy (non-hydrogen) atoms. The fourth-order valence-electron chi connectivity index (χ4n) is 4.45. The van der Waals surface area contributed by atoms with Crippen molar-refractivity contribution in [3.63, 3.8) is 0 Å². The summed E-state index contributed by atoms with van der Waals surface area (Å²) in [5, 5.41) is 0. The number of hydrogen-bond donors (Lipinski definition) is 0. The fourth-order valence-corrected chi connectivity index (χ4v) is 4.45. The van der Waals surface area contributed by atoms with E-state index in [-0.39, 0.29) is 0 Å². The van der Waals surface area contributed by atoms with Crippen molar-refractivity contribution in [3.8, 4) is 0 Å². The molecule has 0 radical (unpaired) electrons. The number of hydrogen-bond acceptors (Lipinski definition) is 3. The Labute approximate surface area is 250 Å². The van der Waals surface area contributed by atoms with Gasteiger partial charge in [0, 0.05) is 0 Å². The molecule has 3 aromatic rings. The Kier molecular flexibility index (Phi) is 13.2. The van der Waals surface area contributed by atoms with Crippen LogP contribution in [0.15, 0.2) is 62.9 Å². The number of furan rings is 1. The number of aliphatic imine (C=N–C) groups is 2. The summed E-state index contributed by atoms with van der Waals surface area (Å²) >= 11 is 7.00. The quantitative estimate of drug-likeness (QED) is 0.172. The number of halogens is 2. The van der Waals surface area contributed by atoms with E-state index in [2.05, 4.69) is 120 Å². The average molecular weight is 686 g/mol. The number of nitrogens with zero attached hydrogens (tertiary/aromatic N) is 2. The number of rotatable bonds is 8. The van der Waals surface area contributed by atoms with E-state index in [0.717, 1.165) is 45.7 Å². The Balaban J connectivity index is 0.00000161. The zero-order valence-corrected chi connectivity index (χ0v) is 28.6. The minimum absolute atomic E-state index is 0.401. The first-order valence-corrected chi connectivity index (χ1v) is 18.7. The van der Waals surface area contributed by atoms with E-state index in [1.165, 1.54) is 22.3 Å². The van der Waals surface area contributed by atoms with Gasteiger partial charge in [0.1, 0.15) is 11.5 Å². The molecule has 0 spiro atoms. The molecule has 1 heterocycles. The molecule has 0 saturated carbocycles. The summed E-state index contributed by atoms with van der Waals surface area (Å²) in [5.41, 5.74) is 8.99. The van der Waals surface area contributed by atoms with Crippen molar-refractivity contribution in [1.29, 1.82) is 0 Å². The van der Waals surface area contributed by atoms with E-state index in [4.69, 9.17) is 14.4 Å². The first-order valence-electron chi connectivity index (χ1n) is 13.2. The van der Waals surface area contributed by atoms with Gasteiger partial charge in [0.05, 0.1) is 22.8 Å². The van der Waals surface area contributed by atoms with Crippen LogP contribution in [-0.2, 0) is 11.3 Å². The molecule has 6 heteroatoms. The van der Waals surface area contributed by atoms with Crippen LogP contribution >= 0.6 is 28.2 Å². The van der Waals surface area contributed by atoms with E-state index >= 15 is 0 Å². The molecule has 208 valence electrons. The molecular weight excluding hydrogens is 644 g/mol. The molecular formula is C32H42Br2FeN2O. The molecule has 0 unspecified atom stereocenters. The summed E-state index contributed by atoms with van der Waals surface area (Å²) < 4.78 is 6.29. The van der Waals surface area contributed by atoms with E-state index < -0.39 is 0 Å². The van der Waals surface area contributed by atoms with Crippen molar-refractivity contribution in [2.75, 3.05) is 0 Å². The third-order valence-corrected chi connectivity index (χ3v) is 6.56. The van der Waals surface area contributed by atoms with Gasteiger partial charge in [-0.3, -0.25) is 0 Å². The van der Waals surface area contributed by atoms with Crippen molar-refractivity contribution >= 4 is 51.0 Å². The van der Waals surface area contributed by atoms with Gasteiger partial charge in [0.25, 0.3) is 0 Å². The Morgan fingerprint density at radius 1 is 0.579 bits per heavy atom. The molecule has 1 aromatic heterocycles. The summed E-state index contributed by atoms with van der Waals surface area (Å²) in [6, 6.07) is 17.1. The maximum atomic E-state index is 6.29. The number of benzene rings is 2. The van der Waals surface area contributed by atoms with E-state index in [0.29, 0.717) is 23.7 Å². The maximum absolute atomic E-state index is 6.29. The third-order valence-electron chi connectivity index (χ3n) is 6.56. The summed E-state index contributed by atoms with van der Waals surface area (Å²) in [6.45, 7) is 21.8. The van der Waals surface area contributed by atoms with Crippen LogP contribution < -0.4 is 0 Å². The van der Waals surface area contributed by atoms with Gasteiger partial charge in [-0.2, -0.15) is 0 Å². The predicted molar refractivity (Wildman–Crippen MR) is 170 cm³/mol. The normalized spacial score (nSPS) is 12.6. The molecule has 0 saturated heterocycles. The fraction of sp³-hybridized carbons (Fsp3) is 0.438. The average Bonchev–Trinajstić information content (AvgIpc) is 3.35. The molecule has 0 aliphatic heterocycles. The van der Waals surface area contributed by atoms with Gasteiger partial charge < -0.3 is 4.42 Å². The molecule has 0 atom stereocenters. The Morgan fingerprint density at radius 3 is 1.08 bits per heavy atom. The van der Waals surface area contributed by atoms with Gasteiger partial charge in [0.2, 0.25) is 0 Å². The molecule has 0 amide bonds. The zero-order valence-electron chi connectivity index (χ0n) is 24.3. The molecule has 2 aromatic carbocycles. The van der Waals surface area contributed by atoms with Crippen molar-refractivity contribution in [1.82, 2.24) is 0 Å². The second kappa shape index (κ2) is 15.4. The SMILES string of the molecule is CC(=Nc1c(C(C)C)cccc1C(C)C)c1ccc(C(C)=Nc2c(C(C)C)cccc2C(C)C)o1.[Br][Fe][Br]. The van der Waals surface area contributed by atoms with Crippen LogP contribution in [0.4, 0.5) is 11.4 Å². The van der Waals surface area contributed by atoms with Crippen molar-refractivity contribution < 1.29 is 15.8 Å². The molecule has 0 aliphatic carbocycles. The van der Waals surface area contributed by atoms with Crippen LogP contribution in [0.3, 0.4) is 0 Å². The van der Waals surface area contributed by atoms with Crippen LogP contribution in [0.25, 0.3) is 0 Å². The van der Waals surface area contributed by atoms with Crippen molar-refractivity contribution in [2.45, 2.75) is 92.9 Å². The summed E-state index contributed by atoms with van der Waals surface area (Å²) in [6.07, 6.45) is 0. The molecule has 0 N–H and O–H groups in total. The minimum atomic E-state index is 0.401. The van der Waals surface area contributed by atoms with Crippen LogP contribution in [0.1, 0.15) is 127 Å². The first kappa shape index (κ1) is 32.7. The van der Waals surface area contributed by atoms with Gasteiger partial charge >= 0.3 is 39.6 Å². The van der Waals surface area contributed by atoms with E-state index in [1.807, 2.05) is 26.0 Å². The molecule has 0 aliphatic rings. The van der Waals surface area contributed by atoms with Gasteiger partial charge in [0.15, 0.2) is 0 Å². The van der Waals surface area contributed by atoms with Gasteiger partial charge in [-0.05, 0) is 71.9 Å². The van der Waals surface area contributed by atoms with Crippen LogP contribution in [0, 0.1) is 0 Å². The van der Waals surface area contributed by atoms with Crippen LogP contribution in [-0.4, -0.2) is 11.4 Å². The molecule has 0 fully saturated rings. The predicted octanol–water partition coefficient (Wildman–Crippen LogP) is 11.7. The van der Waals surface area contributed by atoms with Crippen LogP contribution in [0.5, 0.6) is 0 Å². The Hall–Kier alpha value is -1.46. The second-order valence-electron chi connectivity index (χ2n) is 10.8. The van der Waals surface area contributed by atoms with Gasteiger partial charge in [-0.25, -0.2) is 9.98 Å². The van der Waals surface area contributed by atoms with Gasteiger partial charge in [-0.1, -0.05) is 91.8 Å². The summed E-state index contributed by atoms with van der Waals surface area (Å²) in [4.78, 5) is 10.2. The molecule has 3 rings (SSSR count). The first-order chi connectivity index (χ1) is 17.9. The Bertz CT molecular complexity index is 1110. The summed E-state index contributed by atoms with van der Waals surface area (Å²) in [5.74, 6) is 3.17. The van der Waals surface area contributed by atoms with Gasteiger partial charge in [-0.15, -0.1) is 0 Å². The summed E-state index contributed by atoms with van der Waals surface area (Å²) in [7, 11) is 0. The standard InChI is InChI=1S/C32H42N2O.2BrH.Fe/c1-19(2)25-13-11-14-26(20(3)4)31(25)33-23(9)29-17-18-30(35-29)24(10)34-32-27(21(5)6)15-12-16-28(32)22(7)8;;;/h11-22H,1-10H3;2*1H;/q;;;+2/p-2. The molecule has 3 nitrogen and oxygen atoms in total.